The van der Waals surface area contributed by atoms with Crippen LogP contribution in [0.4, 0.5) is 0 Å². The Kier molecular flexibility index (Phi) is 5.40. The third-order valence-corrected chi connectivity index (χ3v) is 2.54. The molecule has 0 aliphatic carbocycles. The second-order valence-electron chi connectivity index (χ2n) is 4.22. The molecule has 0 spiro atoms. The molecule has 1 heterocycles. The number of nitrogens with two attached hydrogens (primary N) is 1. The maximum absolute atomic E-state index is 5.92. The first-order valence-electron chi connectivity index (χ1n) is 5.43. The standard InChI is InChI=1S/C10H23N3O/c1-13(2)6-3-7-14-10-4-5-12-8-9(10)11/h9-10,12H,3-8,11H2,1-2H3. The van der Waals surface area contributed by atoms with Gasteiger partial charge in [0.1, 0.15) is 0 Å². The molecule has 1 aliphatic rings. The Morgan fingerprint density at radius 2 is 2.29 bits per heavy atom. The van der Waals surface area contributed by atoms with Gasteiger partial charge in [0.15, 0.2) is 0 Å². The van der Waals surface area contributed by atoms with Crippen molar-refractivity contribution in [2.45, 2.75) is 25.0 Å². The minimum Gasteiger partial charge on any atom is -0.376 e. The molecule has 2 unspecified atom stereocenters. The molecule has 0 radical (unpaired) electrons. The van der Waals surface area contributed by atoms with Gasteiger partial charge >= 0.3 is 0 Å². The molecule has 0 bridgehead atoms. The molecule has 84 valence electrons. The van der Waals surface area contributed by atoms with Crippen LogP contribution < -0.4 is 11.1 Å². The van der Waals surface area contributed by atoms with E-state index in [-0.39, 0.29) is 12.1 Å². The van der Waals surface area contributed by atoms with Crippen molar-refractivity contribution in [3.05, 3.63) is 0 Å². The highest BCUT2D eigenvalue weighted by Crippen LogP contribution is 2.06. The molecule has 0 aromatic rings. The number of nitrogens with zero attached hydrogens (tertiary/aromatic N) is 1. The Balaban J connectivity index is 2.04. The van der Waals surface area contributed by atoms with Crippen molar-refractivity contribution in [2.24, 2.45) is 5.73 Å². The van der Waals surface area contributed by atoms with E-state index in [2.05, 4.69) is 24.3 Å². The lowest BCUT2D eigenvalue weighted by Gasteiger charge is -2.29. The van der Waals surface area contributed by atoms with Crippen molar-refractivity contribution in [1.29, 1.82) is 0 Å². The van der Waals surface area contributed by atoms with Gasteiger partial charge in [-0.1, -0.05) is 0 Å². The van der Waals surface area contributed by atoms with Gasteiger partial charge in [0.25, 0.3) is 0 Å². The van der Waals surface area contributed by atoms with Crippen molar-refractivity contribution in [3.63, 3.8) is 0 Å². The van der Waals surface area contributed by atoms with E-state index < -0.39 is 0 Å². The van der Waals surface area contributed by atoms with Gasteiger partial charge in [-0.2, -0.15) is 0 Å². The first-order chi connectivity index (χ1) is 6.70. The van der Waals surface area contributed by atoms with Crippen molar-refractivity contribution < 1.29 is 4.74 Å². The summed E-state index contributed by atoms with van der Waals surface area (Å²) in [5.74, 6) is 0. The lowest BCUT2D eigenvalue weighted by Crippen LogP contribution is -2.50. The van der Waals surface area contributed by atoms with Crippen LogP contribution in [0.3, 0.4) is 0 Å². The average molecular weight is 201 g/mol. The van der Waals surface area contributed by atoms with Crippen LogP contribution in [0.5, 0.6) is 0 Å². The normalized spacial score (nSPS) is 28.3. The lowest BCUT2D eigenvalue weighted by molar-refractivity contribution is 0.0169. The van der Waals surface area contributed by atoms with Crippen LogP contribution in [0.25, 0.3) is 0 Å². The largest absolute Gasteiger partial charge is 0.376 e. The zero-order valence-electron chi connectivity index (χ0n) is 9.33. The first-order valence-corrected chi connectivity index (χ1v) is 5.43. The molecule has 4 heteroatoms. The van der Waals surface area contributed by atoms with Crippen LogP contribution in [0.15, 0.2) is 0 Å². The molecule has 1 fully saturated rings. The summed E-state index contributed by atoms with van der Waals surface area (Å²) in [7, 11) is 4.16. The zero-order chi connectivity index (χ0) is 10.4. The molecule has 3 N–H and O–H groups in total. The molecule has 14 heavy (non-hydrogen) atoms. The Morgan fingerprint density at radius 3 is 2.93 bits per heavy atom. The van der Waals surface area contributed by atoms with Crippen molar-refractivity contribution in [1.82, 2.24) is 10.2 Å². The second kappa shape index (κ2) is 6.35. The molecule has 0 saturated carbocycles. The maximum Gasteiger partial charge on any atom is 0.0750 e. The van der Waals surface area contributed by atoms with E-state index >= 15 is 0 Å². The summed E-state index contributed by atoms with van der Waals surface area (Å²) in [6.45, 7) is 3.83. The van der Waals surface area contributed by atoms with Gasteiger partial charge < -0.3 is 20.7 Å². The number of nitrogens with one attached hydrogen (secondary N) is 1. The number of hydrogen-bond donors (Lipinski definition) is 2. The first kappa shape index (κ1) is 11.9. The minimum atomic E-state index is 0.170. The molecule has 0 amide bonds. The molecule has 1 aliphatic heterocycles. The average Bonchev–Trinajstić information content (AvgIpc) is 2.15. The Labute approximate surface area is 86.8 Å². The molecular weight excluding hydrogens is 178 g/mol. The zero-order valence-corrected chi connectivity index (χ0v) is 9.33. The number of rotatable bonds is 5. The van der Waals surface area contributed by atoms with Crippen LogP contribution in [0.1, 0.15) is 12.8 Å². The predicted molar refractivity (Wildman–Crippen MR) is 58.4 cm³/mol. The third-order valence-electron chi connectivity index (χ3n) is 2.54. The fourth-order valence-electron chi connectivity index (χ4n) is 1.68. The van der Waals surface area contributed by atoms with E-state index in [1.165, 1.54) is 0 Å². The van der Waals surface area contributed by atoms with Gasteiger partial charge in [-0.15, -0.1) is 0 Å². The molecule has 0 aromatic heterocycles. The van der Waals surface area contributed by atoms with Gasteiger partial charge in [0.2, 0.25) is 0 Å². The van der Waals surface area contributed by atoms with Crippen molar-refractivity contribution in [2.75, 3.05) is 40.3 Å². The number of ether oxygens (including phenoxy) is 1. The Hall–Kier alpha value is -0.160. The van der Waals surface area contributed by atoms with Gasteiger partial charge in [-0.05, 0) is 40.0 Å². The second-order valence-corrected chi connectivity index (χ2v) is 4.22. The summed E-state index contributed by atoms with van der Waals surface area (Å²) < 4.78 is 5.75. The van der Waals surface area contributed by atoms with E-state index in [9.17, 15) is 0 Å². The van der Waals surface area contributed by atoms with E-state index in [0.717, 1.165) is 39.1 Å². The molecule has 1 saturated heterocycles. The van der Waals surface area contributed by atoms with Crippen LogP contribution in [-0.4, -0.2) is 57.4 Å². The summed E-state index contributed by atoms with van der Waals surface area (Å²) in [6.07, 6.45) is 2.39. The summed E-state index contributed by atoms with van der Waals surface area (Å²) in [4.78, 5) is 2.17. The number of hydrogen-bond acceptors (Lipinski definition) is 4. The summed E-state index contributed by atoms with van der Waals surface area (Å²) in [6, 6.07) is 0.170. The van der Waals surface area contributed by atoms with E-state index in [4.69, 9.17) is 10.5 Å². The van der Waals surface area contributed by atoms with E-state index in [1.54, 1.807) is 0 Å². The van der Waals surface area contributed by atoms with E-state index in [0.29, 0.717) is 0 Å². The lowest BCUT2D eigenvalue weighted by atomic mass is 10.1. The minimum absolute atomic E-state index is 0.170. The molecule has 1 rings (SSSR count). The van der Waals surface area contributed by atoms with Crippen LogP contribution in [-0.2, 0) is 4.74 Å². The summed E-state index contributed by atoms with van der Waals surface area (Å²) in [5.41, 5.74) is 5.92. The van der Waals surface area contributed by atoms with Crippen LogP contribution in [0.2, 0.25) is 0 Å². The highest BCUT2D eigenvalue weighted by molar-refractivity contribution is 4.81. The van der Waals surface area contributed by atoms with Gasteiger partial charge in [0.05, 0.1) is 6.10 Å². The predicted octanol–water partition coefficient (Wildman–Crippen LogP) is -0.356. The highest BCUT2D eigenvalue weighted by Gasteiger charge is 2.21. The fraction of sp³-hybridized carbons (Fsp3) is 1.00. The smallest absolute Gasteiger partial charge is 0.0750 e. The van der Waals surface area contributed by atoms with Crippen LogP contribution in [0, 0.1) is 0 Å². The molecular formula is C10H23N3O. The summed E-state index contributed by atoms with van der Waals surface area (Å²) >= 11 is 0. The van der Waals surface area contributed by atoms with Crippen molar-refractivity contribution >= 4 is 0 Å². The van der Waals surface area contributed by atoms with Gasteiger partial charge in [-0.3, -0.25) is 0 Å². The topological polar surface area (TPSA) is 50.5 Å². The van der Waals surface area contributed by atoms with Crippen molar-refractivity contribution in [3.8, 4) is 0 Å². The third kappa shape index (κ3) is 4.37. The van der Waals surface area contributed by atoms with Gasteiger partial charge in [-0.25, -0.2) is 0 Å². The molecule has 0 aromatic carbocycles. The number of piperidine rings is 1. The monoisotopic (exact) mass is 201 g/mol. The molecule has 4 nitrogen and oxygen atoms in total. The summed E-state index contributed by atoms with van der Waals surface area (Å²) in [5, 5.41) is 3.26. The maximum atomic E-state index is 5.92. The SMILES string of the molecule is CN(C)CCCOC1CCNCC1N. The Morgan fingerprint density at radius 1 is 1.50 bits per heavy atom. The fourth-order valence-corrected chi connectivity index (χ4v) is 1.68. The van der Waals surface area contributed by atoms with Crippen LogP contribution >= 0.6 is 0 Å². The van der Waals surface area contributed by atoms with E-state index in [1.807, 2.05) is 0 Å². The highest BCUT2D eigenvalue weighted by atomic mass is 16.5. The molecule has 2 atom stereocenters. The van der Waals surface area contributed by atoms with Gasteiger partial charge in [0, 0.05) is 19.2 Å². The Bertz CT molecular complexity index is 152. The quantitative estimate of drug-likeness (QED) is 0.597.